The minimum atomic E-state index is -0.337. The minimum Gasteiger partial charge on any atom is -0.496 e. The number of ether oxygens (including phenoxy) is 2. The maximum atomic E-state index is 12.6. The highest BCUT2D eigenvalue weighted by Crippen LogP contribution is 2.30. The van der Waals surface area contributed by atoms with Crippen LogP contribution in [0.1, 0.15) is 43.9 Å². The van der Waals surface area contributed by atoms with Gasteiger partial charge >= 0.3 is 5.97 Å². The number of methoxy groups -OCH3 is 1. The zero-order chi connectivity index (χ0) is 19.4. The van der Waals surface area contributed by atoms with Gasteiger partial charge in [0.1, 0.15) is 12.3 Å². The van der Waals surface area contributed by atoms with E-state index in [0.717, 1.165) is 29.1 Å². The number of carbonyl (C=O) groups is 1. The van der Waals surface area contributed by atoms with Crippen LogP contribution >= 0.6 is 12.2 Å². The van der Waals surface area contributed by atoms with Gasteiger partial charge in [-0.3, -0.25) is 0 Å². The van der Waals surface area contributed by atoms with Crippen molar-refractivity contribution >= 4 is 23.3 Å². The van der Waals surface area contributed by atoms with Crippen LogP contribution in [0.4, 0.5) is 0 Å². The lowest BCUT2D eigenvalue weighted by molar-refractivity contribution is -0.901. The molecule has 3 N–H and O–H groups in total. The molecule has 0 radical (unpaired) electrons. The number of nitrogens with one attached hydrogen (secondary N) is 3. The van der Waals surface area contributed by atoms with Crippen molar-refractivity contribution in [2.24, 2.45) is 0 Å². The molecule has 0 aromatic heterocycles. The van der Waals surface area contributed by atoms with E-state index in [1.54, 1.807) is 18.9 Å². The molecule has 0 aliphatic carbocycles. The zero-order valence-electron chi connectivity index (χ0n) is 16.2. The molecule has 6 nitrogen and oxygen atoms in total. The first-order chi connectivity index (χ1) is 13.0. The molecule has 2 aliphatic heterocycles. The van der Waals surface area contributed by atoms with Crippen molar-refractivity contribution in [2.75, 3.05) is 26.8 Å². The first-order valence-electron chi connectivity index (χ1n) is 9.49. The molecule has 1 fully saturated rings. The monoisotopic (exact) mass is 390 g/mol. The van der Waals surface area contributed by atoms with E-state index in [-0.39, 0.29) is 12.0 Å². The third-order valence-electron chi connectivity index (χ3n) is 5.15. The fourth-order valence-electron chi connectivity index (χ4n) is 3.86. The van der Waals surface area contributed by atoms with E-state index in [0.29, 0.717) is 17.3 Å². The Balaban J connectivity index is 1.95. The number of rotatable bonds is 6. The molecule has 2 aliphatic rings. The third kappa shape index (κ3) is 4.42. The Labute approximate surface area is 165 Å². The van der Waals surface area contributed by atoms with Gasteiger partial charge in [-0.15, -0.1) is 0 Å². The number of allylic oxidation sites excluding steroid dienone is 1. The Kier molecular flexibility index (Phi) is 6.34. The molecule has 0 amide bonds. The third-order valence-corrected chi connectivity index (χ3v) is 5.37. The number of likely N-dealkylation sites (tertiary alicyclic amines) is 1. The summed E-state index contributed by atoms with van der Waals surface area (Å²) in [5.74, 6) is 0.554. The normalized spacial score (nSPS) is 20.3. The van der Waals surface area contributed by atoms with Gasteiger partial charge in [0.15, 0.2) is 5.11 Å². The predicted octanol–water partition coefficient (Wildman–Crippen LogP) is 1.23. The molecule has 0 spiro atoms. The second kappa shape index (κ2) is 8.71. The Morgan fingerprint density at radius 3 is 2.74 bits per heavy atom. The van der Waals surface area contributed by atoms with Crippen LogP contribution in [0.2, 0.25) is 0 Å². The lowest BCUT2D eigenvalue weighted by atomic mass is 9.94. The smallest absolute Gasteiger partial charge is 0.338 e. The summed E-state index contributed by atoms with van der Waals surface area (Å²) in [4.78, 5) is 14.1. The number of hydrogen-bond donors (Lipinski definition) is 3. The molecule has 0 unspecified atom stereocenters. The Hall–Kier alpha value is -2.12. The molecule has 3 rings (SSSR count). The molecule has 0 bridgehead atoms. The van der Waals surface area contributed by atoms with Gasteiger partial charge in [-0.05, 0) is 43.8 Å². The zero-order valence-corrected chi connectivity index (χ0v) is 17.0. The van der Waals surface area contributed by atoms with E-state index in [1.165, 1.54) is 25.9 Å². The first-order valence-corrected chi connectivity index (χ1v) is 9.90. The van der Waals surface area contributed by atoms with Gasteiger partial charge in [-0.25, -0.2) is 4.79 Å². The largest absolute Gasteiger partial charge is 0.496 e. The molecule has 1 aromatic rings. The summed E-state index contributed by atoms with van der Waals surface area (Å²) < 4.78 is 10.9. The standard InChI is InChI=1S/C20H27N3O3S/c1-4-26-19(24)17-13(2)21-20(27)22-18(17)14-7-8-16(25-3)15(11-14)12-23-9-5-6-10-23/h7-8,11,18H,4-6,9-10,12H2,1-3H3,(H2,21,22,27)/p+1/t18-/m0/s1. The molecule has 2 heterocycles. The molecular weight excluding hydrogens is 362 g/mol. The second-order valence-electron chi connectivity index (χ2n) is 7.00. The fourth-order valence-corrected chi connectivity index (χ4v) is 4.13. The Bertz CT molecular complexity index is 757. The summed E-state index contributed by atoms with van der Waals surface area (Å²) in [6.45, 7) is 7.29. The summed E-state index contributed by atoms with van der Waals surface area (Å²) in [5, 5.41) is 6.77. The topological polar surface area (TPSA) is 64.0 Å². The van der Waals surface area contributed by atoms with E-state index in [9.17, 15) is 4.79 Å². The molecule has 27 heavy (non-hydrogen) atoms. The summed E-state index contributed by atoms with van der Waals surface area (Å²) in [7, 11) is 1.70. The maximum Gasteiger partial charge on any atom is 0.338 e. The average molecular weight is 391 g/mol. The van der Waals surface area contributed by atoms with Crippen molar-refractivity contribution in [1.82, 2.24) is 10.6 Å². The van der Waals surface area contributed by atoms with Gasteiger partial charge in [0.2, 0.25) is 0 Å². The van der Waals surface area contributed by atoms with Crippen LogP contribution in [0.5, 0.6) is 5.75 Å². The predicted molar refractivity (Wildman–Crippen MR) is 108 cm³/mol. The molecule has 0 saturated carbocycles. The SMILES string of the molecule is CCOC(=O)C1=C(C)NC(=S)N[C@H]1c1ccc(OC)c(C[NH+]2CCCC2)c1. The van der Waals surface area contributed by atoms with Crippen LogP contribution in [-0.2, 0) is 16.1 Å². The van der Waals surface area contributed by atoms with Crippen LogP contribution in [-0.4, -0.2) is 37.9 Å². The van der Waals surface area contributed by atoms with Gasteiger partial charge in [0.25, 0.3) is 0 Å². The van der Waals surface area contributed by atoms with Crippen molar-refractivity contribution in [3.63, 3.8) is 0 Å². The summed E-state index contributed by atoms with van der Waals surface area (Å²) in [6.07, 6.45) is 2.55. The van der Waals surface area contributed by atoms with Gasteiger partial charge < -0.3 is 25.0 Å². The number of quaternary nitrogens is 1. The minimum absolute atomic E-state index is 0.329. The Morgan fingerprint density at radius 2 is 2.07 bits per heavy atom. The molecule has 1 saturated heterocycles. The molecule has 146 valence electrons. The molecule has 1 aromatic carbocycles. The van der Waals surface area contributed by atoms with Crippen LogP contribution < -0.4 is 20.3 Å². The van der Waals surface area contributed by atoms with Crippen LogP contribution in [0, 0.1) is 0 Å². The quantitative estimate of drug-likeness (QED) is 0.502. The van der Waals surface area contributed by atoms with E-state index in [1.807, 2.05) is 19.1 Å². The summed E-state index contributed by atoms with van der Waals surface area (Å²) in [5.41, 5.74) is 3.43. The van der Waals surface area contributed by atoms with E-state index >= 15 is 0 Å². The molecule has 7 heteroatoms. The van der Waals surface area contributed by atoms with Gasteiger partial charge in [0, 0.05) is 24.1 Å². The number of benzene rings is 1. The fraction of sp³-hybridized carbons (Fsp3) is 0.500. The lowest BCUT2D eigenvalue weighted by Crippen LogP contribution is -3.08. The number of thiocarbonyl (C=S) groups is 1. The van der Waals surface area contributed by atoms with Crippen LogP contribution in [0.3, 0.4) is 0 Å². The van der Waals surface area contributed by atoms with E-state index in [2.05, 4.69) is 16.7 Å². The Morgan fingerprint density at radius 1 is 1.33 bits per heavy atom. The van der Waals surface area contributed by atoms with E-state index < -0.39 is 0 Å². The number of hydrogen-bond acceptors (Lipinski definition) is 4. The number of carbonyl (C=O) groups excluding carboxylic acids is 1. The van der Waals surface area contributed by atoms with Crippen LogP contribution in [0.25, 0.3) is 0 Å². The summed E-state index contributed by atoms with van der Waals surface area (Å²) in [6, 6.07) is 5.75. The molecular formula is C20H28N3O3S+. The highest BCUT2D eigenvalue weighted by molar-refractivity contribution is 7.80. The lowest BCUT2D eigenvalue weighted by Gasteiger charge is -2.30. The first kappa shape index (κ1) is 19.6. The highest BCUT2D eigenvalue weighted by Gasteiger charge is 2.31. The molecule has 1 atom stereocenters. The maximum absolute atomic E-state index is 12.6. The number of esters is 1. The van der Waals surface area contributed by atoms with Gasteiger partial charge in [-0.2, -0.15) is 0 Å². The van der Waals surface area contributed by atoms with Gasteiger partial charge in [0.05, 0.1) is 38.4 Å². The van der Waals surface area contributed by atoms with Crippen molar-refractivity contribution in [3.05, 3.63) is 40.6 Å². The average Bonchev–Trinajstić information content (AvgIpc) is 3.14. The van der Waals surface area contributed by atoms with Crippen molar-refractivity contribution in [2.45, 2.75) is 39.3 Å². The van der Waals surface area contributed by atoms with Crippen molar-refractivity contribution < 1.29 is 19.2 Å². The summed E-state index contributed by atoms with van der Waals surface area (Å²) >= 11 is 5.32. The van der Waals surface area contributed by atoms with E-state index in [4.69, 9.17) is 21.7 Å². The van der Waals surface area contributed by atoms with Crippen molar-refractivity contribution in [3.8, 4) is 5.75 Å². The second-order valence-corrected chi connectivity index (χ2v) is 7.40. The highest BCUT2D eigenvalue weighted by atomic mass is 32.1. The van der Waals surface area contributed by atoms with Crippen molar-refractivity contribution in [1.29, 1.82) is 0 Å². The van der Waals surface area contributed by atoms with Crippen LogP contribution in [0.15, 0.2) is 29.5 Å². The van der Waals surface area contributed by atoms with Gasteiger partial charge in [-0.1, -0.05) is 6.07 Å².